The van der Waals surface area contributed by atoms with Crippen LogP contribution in [0.15, 0.2) is 17.1 Å². The van der Waals surface area contributed by atoms with Crippen molar-refractivity contribution in [1.82, 2.24) is 4.57 Å². The van der Waals surface area contributed by atoms with Gasteiger partial charge in [-0.05, 0) is 18.6 Å². The van der Waals surface area contributed by atoms with Crippen LogP contribution in [0.1, 0.15) is 12.1 Å². The van der Waals surface area contributed by atoms with Crippen LogP contribution in [0.4, 0.5) is 8.78 Å². The molecule has 5 heteroatoms. The van der Waals surface area contributed by atoms with E-state index < -0.39 is 12.1 Å². The van der Waals surface area contributed by atoms with Gasteiger partial charge in [-0.1, -0.05) is 11.6 Å². The largest absolute Gasteiger partial charge is 0.321 e. The summed E-state index contributed by atoms with van der Waals surface area (Å²) in [5.41, 5.74) is -0.336. The number of nitrogens with zero attached hydrogens (tertiary/aromatic N) is 1. The van der Waals surface area contributed by atoms with E-state index >= 15 is 0 Å². The maximum Gasteiger partial charge on any atom is 0.321 e. The number of alkyl halides is 2. The van der Waals surface area contributed by atoms with Crippen LogP contribution in [0.5, 0.6) is 0 Å². The van der Waals surface area contributed by atoms with E-state index in [-0.39, 0.29) is 5.02 Å². The molecule has 0 spiro atoms. The Kier molecular flexibility index (Phi) is 2.47. The van der Waals surface area contributed by atoms with Gasteiger partial charge in [-0.25, -0.2) is 0 Å². The molecule has 0 N–H and O–H groups in total. The highest BCUT2D eigenvalue weighted by atomic mass is 35.5. The number of aromatic nitrogens is 1. The molecule has 1 rings (SSSR count). The van der Waals surface area contributed by atoms with Crippen LogP contribution in [0.3, 0.4) is 0 Å². The summed E-state index contributed by atoms with van der Waals surface area (Å²) in [5, 5.41) is -0.185. The molecule has 0 fully saturated rings. The average Bonchev–Trinajstić information content (AvgIpc) is 1.96. The molecule has 1 heterocycles. The van der Waals surface area contributed by atoms with Crippen LogP contribution in [0, 0.1) is 6.92 Å². The molecule has 0 saturated carbocycles. The predicted octanol–water partition coefficient (Wildman–Crippen LogP) is 2.21. The number of pyridine rings is 1. The van der Waals surface area contributed by atoms with E-state index in [0.717, 1.165) is 6.20 Å². The summed E-state index contributed by atoms with van der Waals surface area (Å²) in [6.45, 7) is -1.25. The molecule has 0 bridgehead atoms. The van der Waals surface area contributed by atoms with E-state index in [2.05, 4.69) is 0 Å². The van der Waals surface area contributed by atoms with Crippen molar-refractivity contribution >= 4 is 11.6 Å². The molecule has 0 unspecified atom stereocenters. The third-order valence-electron chi connectivity index (χ3n) is 1.35. The summed E-state index contributed by atoms with van der Waals surface area (Å²) in [7, 11) is 0. The Labute approximate surface area is 72.4 Å². The average molecular weight is 194 g/mol. The highest BCUT2D eigenvalue weighted by Crippen LogP contribution is 2.11. The summed E-state index contributed by atoms with van der Waals surface area (Å²) >= 11 is 5.40. The van der Waals surface area contributed by atoms with Gasteiger partial charge < -0.3 is 0 Å². The van der Waals surface area contributed by atoms with E-state index in [0.29, 0.717) is 10.1 Å². The lowest BCUT2D eigenvalue weighted by atomic mass is 10.3. The van der Waals surface area contributed by atoms with Gasteiger partial charge in [-0.15, -0.1) is 0 Å². The first-order valence-corrected chi connectivity index (χ1v) is 3.56. The molecule has 0 saturated heterocycles. The van der Waals surface area contributed by atoms with Crippen molar-refractivity contribution in [3.63, 3.8) is 0 Å². The van der Waals surface area contributed by atoms with Gasteiger partial charge in [0.15, 0.2) is 0 Å². The first-order chi connectivity index (χ1) is 5.52. The van der Waals surface area contributed by atoms with Crippen LogP contribution in [0.25, 0.3) is 0 Å². The number of hydrogen-bond donors (Lipinski definition) is 0. The maximum atomic E-state index is 12.1. The smallest absolute Gasteiger partial charge is 0.268 e. The first kappa shape index (κ1) is 9.19. The summed E-state index contributed by atoms with van der Waals surface area (Å²) in [6, 6.07) is 1.35. The van der Waals surface area contributed by atoms with E-state index in [9.17, 15) is 13.6 Å². The highest BCUT2D eigenvalue weighted by Gasteiger charge is 2.10. The molecule has 0 aromatic carbocycles. The summed E-state index contributed by atoms with van der Waals surface area (Å²) < 4.78 is 24.5. The zero-order chi connectivity index (χ0) is 9.30. The Morgan fingerprint density at radius 3 is 2.67 bits per heavy atom. The molecule has 0 atom stereocenters. The lowest BCUT2D eigenvalue weighted by molar-refractivity contribution is 0.0662. The SMILES string of the molecule is Cc1cc(Cl)c(=O)n(C(F)F)c1. The Morgan fingerprint density at radius 1 is 1.58 bits per heavy atom. The van der Waals surface area contributed by atoms with E-state index in [1.807, 2.05) is 0 Å². The monoisotopic (exact) mass is 193 g/mol. The van der Waals surface area contributed by atoms with Crippen molar-refractivity contribution in [3.05, 3.63) is 33.2 Å². The zero-order valence-corrected chi connectivity index (χ0v) is 6.98. The van der Waals surface area contributed by atoms with Crippen molar-refractivity contribution in [1.29, 1.82) is 0 Å². The fourth-order valence-electron chi connectivity index (χ4n) is 0.845. The number of halogens is 3. The van der Waals surface area contributed by atoms with Crippen molar-refractivity contribution in [3.8, 4) is 0 Å². The van der Waals surface area contributed by atoms with Crippen molar-refractivity contribution < 1.29 is 8.78 Å². The van der Waals surface area contributed by atoms with Gasteiger partial charge in [0, 0.05) is 6.20 Å². The normalized spacial score (nSPS) is 10.8. The molecular formula is C7H6ClF2NO. The molecule has 2 nitrogen and oxygen atoms in total. The summed E-state index contributed by atoms with van der Waals surface area (Å²) in [4.78, 5) is 10.9. The molecule has 0 aliphatic heterocycles. The minimum atomic E-state index is -2.84. The number of rotatable bonds is 1. The molecule has 0 radical (unpaired) electrons. The summed E-state index contributed by atoms with van der Waals surface area (Å²) in [6.07, 6.45) is 1.07. The number of aryl methyl sites for hydroxylation is 1. The molecule has 1 aromatic rings. The van der Waals surface area contributed by atoms with Gasteiger partial charge >= 0.3 is 6.55 Å². The van der Waals surface area contributed by atoms with Crippen LogP contribution < -0.4 is 5.56 Å². The predicted molar refractivity (Wildman–Crippen MR) is 41.7 cm³/mol. The zero-order valence-electron chi connectivity index (χ0n) is 6.22. The Bertz CT molecular complexity index is 348. The Balaban J connectivity index is 3.38. The van der Waals surface area contributed by atoms with Crippen LogP contribution >= 0.6 is 11.6 Å². The lowest BCUT2D eigenvalue weighted by Gasteiger charge is -2.04. The molecular weight excluding hydrogens is 188 g/mol. The second-order valence-electron chi connectivity index (χ2n) is 2.36. The molecule has 0 amide bonds. The second kappa shape index (κ2) is 3.23. The Hall–Kier alpha value is -0.900. The third-order valence-corrected chi connectivity index (χ3v) is 1.62. The van der Waals surface area contributed by atoms with Crippen LogP contribution in [-0.4, -0.2) is 4.57 Å². The number of hydrogen-bond acceptors (Lipinski definition) is 1. The minimum Gasteiger partial charge on any atom is -0.268 e. The van der Waals surface area contributed by atoms with E-state index in [1.54, 1.807) is 6.92 Å². The lowest BCUT2D eigenvalue weighted by Crippen LogP contribution is -2.20. The maximum absolute atomic E-state index is 12.1. The molecule has 66 valence electrons. The van der Waals surface area contributed by atoms with Gasteiger partial charge in [0.2, 0.25) is 0 Å². The standard InChI is InChI=1S/C7H6ClF2NO/c1-4-2-5(8)6(12)11(3-4)7(9)10/h2-3,7H,1H3. The van der Waals surface area contributed by atoms with Gasteiger partial charge in [-0.3, -0.25) is 9.36 Å². The van der Waals surface area contributed by atoms with Gasteiger partial charge in [0.25, 0.3) is 5.56 Å². The van der Waals surface area contributed by atoms with Gasteiger partial charge in [0.05, 0.1) is 0 Å². The fourth-order valence-corrected chi connectivity index (χ4v) is 1.11. The topological polar surface area (TPSA) is 22.0 Å². The molecule has 12 heavy (non-hydrogen) atoms. The quantitative estimate of drug-likeness (QED) is 0.670. The van der Waals surface area contributed by atoms with Gasteiger partial charge in [-0.2, -0.15) is 8.78 Å². The van der Waals surface area contributed by atoms with Crippen LogP contribution in [-0.2, 0) is 0 Å². The van der Waals surface area contributed by atoms with E-state index in [1.165, 1.54) is 6.07 Å². The molecule has 0 aliphatic rings. The van der Waals surface area contributed by atoms with Crippen molar-refractivity contribution in [2.45, 2.75) is 13.5 Å². The van der Waals surface area contributed by atoms with Crippen molar-refractivity contribution in [2.24, 2.45) is 0 Å². The van der Waals surface area contributed by atoms with Crippen LogP contribution in [0.2, 0.25) is 5.02 Å². The minimum absolute atomic E-state index is 0.185. The first-order valence-electron chi connectivity index (χ1n) is 3.19. The third kappa shape index (κ3) is 1.64. The fraction of sp³-hybridized carbons (Fsp3) is 0.286. The molecule has 0 aliphatic carbocycles. The van der Waals surface area contributed by atoms with E-state index in [4.69, 9.17) is 11.6 Å². The Morgan fingerprint density at radius 2 is 2.17 bits per heavy atom. The van der Waals surface area contributed by atoms with Crippen molar-refractivity contribution in [2.75, 3.05) is 0 Å². The second-order valence-corrected chi connectivity index (χ2v) is 2.76. The molecule has 1 aromatic heterocycles. The van der Waals surface area contributed by atoms with Gasteiger partial charge in [0.1, 0.15) is 5.02 Å². The highest BCUT2D eigenvalue weighted by molar-refractivity contribution is 6.30. The summed E-state index contributed by atoms with van der Waals surface area (Å²) in [5.74, 6) is 0.